The summed E-state index contributed by atoms with van der Waals surface area (Å²) in [6.45, 7) is 1.89. The second-order valence-corrected chi connectivity index (χ2v) is 4.86. The molecule has 2 rings (SSSR count). The van der Waals surface area contributed by atoms with Crippen molar-refractivity contribution in [2.24, 2.45) is 10.1 Å². The van der Waals surface area contributed by atoms with Crippen molar-refractivity contribution in [2.75, 3.05) is 0 Å². The summed E-state index contributed by atoms with van der Waals surface area (Å²) in [6.07, 6.45) is -3.74. The van der Waals surface area contributed by atoms with Crippen molar-refractivity contribution in [2.45, 2.75) is 19.5 Å². The highest BCUT2D eigenvalue weighted by molar-refractivity contribution is 8.26. The van der Waals surface area contributed by atoms with Crippen LogP contribution in [0.15, 0.2) is 34.4 Å². The molecule has 0 saturated heterocycles. The summed E-state index contributed by atoms with van der Waals surface area (Å²) in [6, 6.07) is 3.88. The lowest BCUT2D eigenvalue weighted by Crippen LogP contribution is -2.07. The lowest BCUT2D eigenvalue weighted by molar-refractivity contribution is -0.137. The number of rotatable bonds is 2. The van der Waals surface area contributed by atoms with E-state index in [0.29, 0.717) is 6.42 Å². The minimum absolute atomic E-state index is 0.0752. The lowest BCUT2D eigenvalue weighted by atomic mass is 10.1. The Morgan fingerprint density at radius 2 is 1.95 bits per heavy atom. The molecule has 0 spiro atoms. The van der Waals surface area contributed by atoms with Crippen LogP contribution in [0.25, 0.3) is 0 Å². The number of amidine groups is 1. The van der Waals surface area contributed by atoms with Crippen LogP contribution in [0.5, 0.6) is 0 Å². The van der Waals surface area contributed by atoms with E-state index in [9.17, 15) is 18.0 Å². The average molecular weight is 300 g/mol. The Morgan fingerprint density at radius 3 is 2.45 bits per heavy atom. The normalized spacial score (nSPS) is 17.0. The Bertz CT molecular complexity index is 579. The van der Waals surface area contributed by atoms with Gasteiger partial charge in [-0.25, -0.2) is 0 Å². The van der Waals surface area contributed by atoms with E-state index in [4.69, 9.17) is 0 Å². The molecular formula is C12H9F3N3OS. The van der Waals surface area contributed by atoms with Crippen molar-refractivity contribution in [1.82, 2.24) is 5.43 Å². The van der Waals surface area contributed by atoms with Gasteiger partial charge in [-0.2, -0.15) is 18.2 Å². The molecule has 0 atom stereocenters. The van der Waals surface area contributed by atoms with Crippen LogP contribution >= 0.6 is 11.8 Å². The molecule has 105 valence electrons. The first-order valence-electron chi connectivity index (χ1n) is 5.66. The maximum atomic E-state index is 12.4. The zero-order valence-corrected chi connectivity index (χ0v) is 11.1. The van der Waals surface area contributed by atoms with Gasteiger partial charge in [0.2, 0.25) is 5.17 Å². The molecule has 8 heteroatoms. The highest BCUT2D eigenvalue weighted by Crippen LogP contribution is 2.29. The molecule has 0 fully saturated rings. The predicted molar refractivity (Wildman–Crippen MR) is 70.7 cm³/mol. The maximum absolute atomic E-state index is 12.4. The molecule has 0 unspecified atom stereocenters. The van der Waals surface area contributed by atoms with Crippen LogP contribution in [0.1, 0.15) is 29.3 Å². The maximum Gasteiger partial charge on any atom is 0.416 e. The summed E-state index contributed by atoms with van der Waals surface area (Å²) in [5, 5.41) is 4.74. The number of aliphatic imine (C=N–C) groups is 1. The van der Waals surface area contributed by atoms with Crippen molar-refractivity contribution < 1.29 is 18.0 Å². The summed E-state index contributed by atoms with van der Waals surface area (Å²) in [5.41, 5.74) is 2.98. The molecule has 0 saturated carbocycles. The first-order chi connectivity index (χ1) is 9.40. The van der Waals surface area contributed by atoms with Crippen LogP contribution in [-0.4, -0.2) is 16.1 Å². The van der Waals surface area contributed by atoms with E-state index < -0.39 is 17.6 Å². The van der Waals surface area contributed by atoms with E-state index >= 15 is 0 Å². The topological polar surface area (TPSA) is 55.9 Å². The Labute approximate surface area is 117 Å². The molecule has 1 aromatic rings. The fourth-order valence-corrected chi connectivity index (χ4v) is 2.03. The zero-order valence-electron chi connectivity index (χ0n) is 10.3. The van der Waals surface area contributed by atoms with E-state index in [1.807, 2.05) is 6.92 Å². The van der Waals surface area contributed by atoms with Crippen LogP contribution in [0, 0.1) is 0 Å². The van der Waals surface area contributed by atoms with Crippen LogP contribution in [0.2, 0.25) is 0 Å². The highest BCUT2D eigenvalue weighted by Gasteiger charge is 2.30. The van der Waals surface area contributed by atoms with Gasteiger partial charge in [-0.1, -0.05) is 6.92 Å². The van der Waals surface area contributed by atoms with Crippen molar-refractivity contribution >= 4 is 27.9 Å². The van der Waals surface area contributed by atoms with E-state index in [-0.39, 0.29) is 10.7 Å². The molecule has 1 aromatic carbocycles. The van der Waals surface area contributed by atoms with Gasteiger partial charge in [0.05, 0.1) is 5.56 Å². The second kappa shape index (κ2) is 5.66. The minimum atomic E-state index is -4.42. The molecule has 20 heavy (non-hydrogen) atoms. The molecule has 0 aliphatic carbocycles. The zero-order chi connectivity index (χ0) is 14.8. The Morgan fingerprint density at radius 1 is 1.30 bits per heavy atom. The smallest absolute Gasteiger partial charge is 0.267 e. The van der Waals surface area contributed by atoms with Crippen molar-refractivity contribution in [3.63, 3.8) is 0 Å². The van der Waals surface area contributed by atoms with Gasteiger partial charge in [-0.15, -0.1) is 10.5 Å². The number of benzene rings is 1. The van der Waals surface area contributed by atoms with Crippen molar-refractivity contribution in [3.8, 4) is 0 Å². The number of halogens is 3. The fraction of sp³-hybridized carbons (Fsp3) is 0.250. The van der Waals surface area contributed by atoms with Crippen LogP contribution in [0.3, 0.4) is 0 Å². The molecule has 4 nitrogen and oxygen atoms in total. The minimum Gasteiger partial charge on any atom is -0.267 e. The third-order valence-corrected chi connectivity index (χ3v) is 3.38. The lowest BCUT2D eigenvalue weighted by Gasteiger charge is -2.06. The molecule has 1 radical (unpaired) electrons. The molecule has 1 amide bonds. The first-order valence-corrected chi connectivity index (χ1v) is 6.47. The van der Waals surface area contributed by atoms with E-state index in [1.54, 1.807) is 0 Å². The number of hydrogen-bond acceptors (Lipinski definition) is 3. The number of thioether (sulfide) groups is 1. The average Bonchev–Trinajstić information content (AvgIpc) is 2.85. The summed E-state index contributed by atoms with van der Waals surface area (Å²) >= 11 is 1.17. The quantitative estimate of drug-likeness (QED) is 0.841. The van der Waals surface area contributed by atoms with Crippen molar-refractivity contribution in [1.29, 1.82) is 0 Å². The first kappa shape index (κ1) is 14.6. The SMILES string of the molecule is CCC1=N[N]C(=NC(=O)c2ccc(C(F)(F)F)cc2)S1. The van der Waals surface area contributed by atoms with Crippen LogP contribution in [-0.2, 0) is 6.18 Å². The highest BCUT2D eigenvalue weighted by atomic mass is 32.2. The summed E-state index contributed by atoms with van der Waals surface area (Å²) in [4.78, 5) is 15.5. The summed E-state index contributed by atoms with van der Waals surface area (Å²) < 4.78 is 37.2. The van der Waals surface area contributed by atoms with Gasteiger partial charge in [0.25, 0.3) is 5.91 Å². The van der Waals surface area contributed by atoms with Gasteiger partial charge >= 0.3 is 6.18 Å². The molecular weight excluding hydrogens is 291 g/mol. The fourth-order valence-electron chi connectivity index (χ4n) is 1.39. The number of carbonyl (C=O) groups excluding carboxylic acids is 1. The summed E-state index contributed by atoms with van der Waals surface area (Å²) in [7, 11) is 0. The molecule has 0 bridgehead atoms. The molecule has 0 N–H and O–H groups in total. The predicted octanol–water partition coefficient (Wildman–Crippen LogP) is 3.28. The van der Waals surface area contributed by atoms with Gasteiger partial charge in [-0.3, -0.25) is 4.79 Å². The Kier molecular flexibility index (Phi) is 4.12. The third kappa shape index (κ3) is 3.38. The van der Waals surface area contributed by atoms with Gasteiger partial charge in [0.1, 0.15) is 5.04 Å². The van der Waals surface area contributed by atoms with E-state index in [2.05, 4.69) is 15.5 Å². The second-order valence-electron chi connectivity index (χ2n) is 3.82. The number of nitrogens with zero attached hydrogens (tertiary/aromatic N) is 3. The molecule has 1 aliphatic rings. The Hall–Kier alpha value is -1.83. The molecule has 1 aliphatic heterocycles. The summed E-state index contributed by atoms with van der Waals surface area (Å²) in [5.74, 6) is -0.641. The standard InChI is InChI=1S/C12H9F3N3OS/c1-2-9-17-18-11(20-9)16-10(19)7-3-5-8(6-4-7)12(13,14)15/h3-6H,2H2,1H3. The molecule has 1 heterocycles. The van der Waals surface area contributed by atoms with Crippen LogP contribution < -0.4 is 5.43 Å². The van der Waals surface area contributed by atoms with E-state index in [0.717, 1.165) is 29.3 Å². The van der Waals surface area contributed by atoms with Gasteiger partial charge in [0.15, 0.2) is 0 Å². The number of amides is 1. The Balaban J connectivity index is 2.09. The number of hydrogen-bond donors (Lipinski definition) is 0. The third-order valence-electron chi connectivity index (χ3n) is 2.41. The van der Waals surface area contributed by atoms with Crippen molar-refractivity contribution in [3.05, 3.63) is 35.4 Å². The molecule has 0 aromatic heterocycles. The van der Waals surface area contributed by atoms with Crippen LogP contribution in [0.4, 0.5) is 13.2 Å². The number of alkyl halides is 3. The van der Waals surface area contributed by atoms with Gasteiger partial charge in [-0.05, 0) is 42.4 Å². The van der Waals surface area contributed by atoms with E-state index in [1.165, 1.54) is 11.8 Å². The van der Waals surface area contributed by atoms with Gasteiger partial charge < -0.3 is 0 Å². The monoisotopic (exact) mass is 300 g/mol. The number of carbonyl (C=O) groups is 1. The largest absolute Gasteiger partial charge is 0.416 e. The van der Waals surface area contributed by atoms with Gasteiger partial charge in [0, 0.05) is 5.56 Å².